The summed E-state index contributed by atoms with van der Waals surface area (Å²) in [5, 5.41) is 11.9. The summed E-state index contributed by atoms with van der Waals surface area (Å²) < 4.78 is 6.63. The van der Waals surface area contributed by atoms with E-state index in [1.165, 1.54) is 152 Å². The summed E-state index contributed by atoms with van der Waals surface area (Å²) in [4.78, 5) is 1.32. The molecule has 0 radical (unpaired) electrons. The van der Waals surface area contributed by atoms with Crippen LogP contribution in [0.3, 0.4) is 0 Å². The lowest BCUT2D eigenvalue weighted by atomic mass is 9.78. The molecule has 0 fully saturated rings. The van der Waals surface area contributed by atoms with Crippen LogP contribution in [-0.4, -0.2) is 8.80 Å². The average Bonchev–Trinajstić information content (AvgIpc) is 3.93. The molecule has 13 rings (SSSR count). The highest BCUT2D eigenvalue weighted by molar-refractivity contribution is 7.25. The van der Waals surface area contributed by atoms with E-state index in [9.17, 15) is 0 Å². The first-order chi connectivity index (χ1) is 35.9. The molecule has 2 nitrogen and oxygen atoms in total. The molecule has 13 aromatic rings. The molecule has 0 spiro atoms. The van der Waals surface area contributed by atoms with E-state index in [2.05, 4.69) is 267 Å². The number of hydrogen-bond donors (Lipinski definition) is 0. The van der Waals surface area contributed by atoms with Crippen LogP contribution in [0.5, 0.6) is 0 Å². The Balaban J connectivity index is 1.19. The van der Waals surface area contributed by atoms with Gasteiger partial charge in [-0.15, -0.1) is 11.3 Å². The predicted octanol–water partition coefficient (Wildman–Crippen LogP) is 22.0. The van der Waals surface area contributed by atoms with Gasteiger partial charge in [0, 0.05) is 53.2 Å². The maximum atomic E-state index is 2.69. The van der Waals surface area contributed by atoms with Crippen LogP contribution >= 0.6 is 11.3 Å². The molecule has 5 heterocycles. The molecule has 0 bridgehead atoms. The van der Waals surface area contributed by atoms with Crippen LogP contribution in [0.1, 0.15) is 158 Å². The zero-order chi connectivity index (χ0) is 54.6. The van der Waals surface area contributed by atoms with Gasteiger partial charge >= 0.3 is 0 Å². The Hall–Kier alpha value is -6.68. The van der Waals surface area contributed by atoms with E-state index in [0.29, 0.717) is 0 Å². The Bertz CT molecular complexity index is 4500. The predicted molar refractivity (Wildman–Crippen MR) is 340 cm³/mol. The number of fused-ring (bicyclic) bond motifs is 15. The van der Waals surface area contributed by atoms with Crippen molar-refractivity contribution in [2.45, 2.75) is 157 Å². The Morgan fingerprint density at radius 2 is 0.649 bits per heavy atom. The number of thiophene rings is 1. The highest BCUT2D eigenvalue weighted by Crippen LogP contribution is 2.52. The van der Waals surface area contributed by atoms with Crippen molar-refractivity contribution in [2.75, 3.05) is 0 Å². The molecular weight excluding hydrogens is 949 g/mol. The molecule has 0 saturated carbocycles. The Morgan fingerprint density at radius 3 is 1.13 bits per heavy atom. The maximum absolute atomic E-state index is 2.69. The van der Waals surface area contributed by atoms with E-state index in [1.807, 2.05) is 11.3 Å². The molecule has 5 aromatic heterocycles. The van der Waals surface area contributed by atoms with Gasteiger partial charge in [0.25, 0.3) is 0 Å². The van der Waals surface area contributed by atoms with E-state index in [4.69, 9.17) is 0 Å². The Morgan fingerprint density at radius 1 is 0.273 bits per heavy atom. The summed E-state index contributed by atoms with van der Waals surface area (Å²) in [6, 6.07) is 53.6. The fraction of sp³-hybridized carbons (Fsp3) is 0.324. The van der Waals surface area contributed by atoms with Gasteiger partial charge < -0.3 is 4.40 Å². The van der Waals surface area contributed by atoms with E-state index in [-0.39, 0.29) is 32.5 Å². The smallest absolute Gasteiger partial charge is 0.109 e. The Labute approximate surface area is 460 Å². The fourth-order valence-electron chi connectivity index (χ4n) is 12.6. The SMILES string of the molecule is CC(C)(C)c1cc(-c2ccc3c(c2)c2cc(-c4cc(C(C)(C)C)cc(C(C)(C)C)c4)cc4c5c(ccc6c7cc(-c8cc(C(C)(C)C)cc(C(C)(C)C)c8)cc8c9c%10ccccc%10sc9n(c78)c65)n3c24)cc(C(C)(C)C)c1. The normalized spacial score (nSPS) is 13.8. The first kappa shape index (κ1) is 49.9. The van der Waals surface area contributed by atoms with Gasteiger partial charge in [-0.1, -0.05) is 210 Å². The third kappa shape index (κ3) is 7.67. The van der Waals surface area contributed by atoms with E-state index in [1.54, 1.807) is 0 Å². The van der Waals surface area contributed by atoms with E-state index < -0.39 is 0 Å². The van der Waals surface area contributed by atoms with Crippen molar-refractivity contribution >= 4 is 96.9 Å². The highest BCUT2D eigenvalue weighted by Gasteiger charge is 2.30. The minimum absolute atomic E-state index is 0.00183. The van der Waals surface area contributed by atoms with Crippen molar-refractivity contribution in [1.29, 1.82) is 0 Å². The highest BCUT2D eigenvalue weighted by atomic mass is 32.1. The van der Waals surface area contributed by atoms with Crippen LogP contribution in [0.2, 0.25) is 0 Å². The fourth-order valence-corrected chi connectivity index (χ4v) is 13.8. The molecule has 0 unspecified atom stereocenters. The van der Waals surface area contributed by atoms with Crippen LogP contribution in [-0.2, 0) is 32.5 Å². The quantitative estimate of drug-likeness (QED) is 0.167. The van der Waals surface area contributed by atoms with Gasteiger partial charge in [-0.2, -0.15) is 0 Å². The van der Waals surface area contributed by atoms with Crippen LogP contribution in [0.4, 0.5) is 0 Å². The molecule has 0 N–H and O–H groups in total. The largest absolute Gasteiger partial charge is 0.308 e. The molecule has 3 heteroatoms. The van der Waals surface area contributed by atoms with Crippen LogP contribution in [0, 0.1) is 0 Å². The van der Waals surface area contributed by atoms with Gasteiger partial charge in [-0.05, 0) is 148 Å². The van der Waals surface area contributed by atoms with Crippen molar-refractivity contribution < 1.29 is 0 Å². The van der Waals surface area contributed by atoms with Crippen LogP contribution < -0.4 is 0 Å². The first-order valence-corrected chi connectivity index (χ1v) is 29.0. The molecular formula is C74H76N2S. The Kier molecular flexibility index (Phi) is 10.3. The number of benzene rings is 8. The van der Waals surface area contributed by atoms with Gasteiger partial charge in [0.2, 0.25) is 0 Å². The first-order valence-electron chi connectivity index (χ1n) is 28.2. The van der Waals surface area contributed by atoms with E-state index in [0.717, 1.165) is 0 Å². The second-order valence-corrected chi connectivity index (χ2v) is 30.3. The minimum Gasteiger partial charge on any atom is -0.308 e. The van der Waals surface area contributed by atoms with Crippen molar-refractivity contribution in [1.82, 2.24) is 8.80 Å². The lowest BCUT2D eigenvalue weighted by Crippen LogP contribution is -2.16. The maximum Gasteiger partial charge on any atom is 0.109 e. The lowest BCUT2D eigenvalue weighted by molar-refractivity contribution is 0.568. The number of aromatic nitrogens is 2. The number of nitrogens with zero attached hydrogens (tertiary/aromatic N) is 2. The summed E-state index contributed by atoms with van der Waals surface area (Å²) in [6.07, 6.45) is 0. The zero-order valence-electron chi connectivity index (χ0n) is 49.0. The molecule has 0 aliphatic heterocycles. The second-order valence-electron chi connectivity index (χ2n) is 29.3. The summed E-state index contributed by atoms with van der Waals surface area (Å²) in [6.45, 7) is 42.3. The third-order valence-corrected chi connectivity index (χ3v) is 18.6. The molecule has 388 valence electrons. The van der Waals surface area contributed by atoms with Gasteiger partial charge in [-0.3, -0.25) is 4.40 Å². The monoisotopic (exact) mass is 1020 g/mol. The molecule has 0 aliphatic rings. The summed E-state index contributed by atoms with van der Waals surface area (Å²) in [5.41, 5.74) is 22.3. The van der Waals surface area contributed by atoms with Gasteiger partial charge in [-0.25, -0.2) is 0 Å². The van der Waals surface area contributed by atoms with Gasteiger partial charge in [0.05, 0.1) is 27.6 Å². The molecule has 0 saturated heterocycles. The third-order valence-electron chi connectivity index (χ3n) is 17.4. The average molecular weight is 1030 g/mol. The standard InChI is InChI=1S/C74H76N2S/c1-69(2,3)47-27-42(28-48(38-47)70(4,5)6)41-23-25-60-55(33-41)57-35-46(44-31-51(73(13,14)15)40-52(32-44)74(16,17)18)37-59-64-61(75(60)65(57)59)26-24-53-56-34-45(43-29-49(71(7,8)9)39-50(30-43)72(10,11)12)36-58-63-54-21-19-20-22-62(54)77-68(63)76(66(56)58)67(53)64/h19-40H,1-18H3. The molecule has 0 aliphatic carbocycles. The van der Waals surface area contributed by atoms with Crippen LogP contribution in [0.15, 0.2) is 133 Å². The van der Waals surface area contributed by atoms with Crippen molar-refractivity contribution in [3.63, 3.8) is 0 Å². The molecule has 8 aromatic carbocycles. The van der Waals surface area contributed by atoms with Crippen molar-refractivity contribution in [2.24, 2.45) is 0 Å². The molecule has 0 atom stereocenters. The van der Waals surface area contributed by atoms with E-state index >= 15 is 0 Å². The summed E-state index contributed by atoms with van der Waals surface area (Å²) in [5.74, 6) is 0. The zero-order valence-corrected chi connectivity index (χ0v) is 49.8. The molecule has 77 heavy (non-hydrogen) atoms. The van der Waals surface area contributed by atoms with Gasteiger partial charge in [0.15, 0.2) is 0 Å². The topological polar surface area (TPSA) is 8.82 Å². The number of hydrogen-bond acceptors (Lipinski definition) is 1. The number of rotatable bonds is 3. The minimum atomic E-state index is -0.0226. The van der Waals surface area contributed by atoms with Crippen molar-refractivity contribution in [3.8, 4) is 33.4 Å². The van der Waals surface area contributed by atoms with Gasteiger partial charge in [0.1, 0.15) is 4.83 Å². The summed E-state index contributed by atoms with van der Waals surface area (Å²) in [7, 11) is 0. The van der Waals surface area contributed by atoms with Crippen molar-refractivity contribution in [3.05, 3.63) is 167 Å². The molecule has 0 amide bonds. The summed E-state index contributed by atoms with van der Waals surface area (Å²) >= 11 is 1.94. The van der Waals surface area contributed by atoms with Crippen LogP contribution in [0.25, 0.3) is 119 Å². The lowest BCUT2D eigenvalue weighted by Gasteiger charge is -2.26. The second kappa shape index (κ2) is 16.0.